The predicted molar refractivity (Wildman–Crippen MR) is 88.6 cm³/mol. The van der Waals surface area contributed by atoms with Gasteiger partial charge < -0.3 is 9.88 Å². The fraction of sp³-hybridized carbons (Fsp3) is 0.214. The maximum Gasteiger partial charge on any atom is 0.287 e. The number of anilines is 1. The van der Waals surface area contributed by atoms with E-state index in [0.717, 1.165) is 3.57 Å². The Balaban J connectivity index is 2.32. The van der Waals surface area contributed by atoms with Crippen LogP contribution in [0.1, 0.15) is 30.4 Å². The van der Waals surface area contributed by atoms with Gasteiger partial charge in [0.15, 0.2) is 0 Å². The Morgan fingerprint density at radius 2 is 2.10 bits per heavy atom. The number of nitro groups is 1. The molecule has 0 aliphatic heterocycles. The summed E-state index contributed by atoms with van der Waals surface area (Å²) in [4.78, 5) is 22.7. The number of benzene rings is 1. The quantitative estimate of drug-likeness (QED) is 0.482. The zero-order valence-electron chi connectivity index (χ0n) is 11.5. The first-order chi connectivity index (χ1) is 9.88. The van der Waals surface area contributed by atoms with Gasteiger partial charge in [-0.15, -0.1) is 0 Å². The molecule has 1 N–H and O–H groups in total. The molecule has 0 unspecified atom stereocenters. The number of hydrogen-bond donors (Lipinski definition) is 1. The number of halogens is 1. The minimum absolute atomic E-state index is 0.0460. The van der Waals surface area contributed by atoms with Gasteiger partial charge in [-0.2, -0.15) is 0 Å². The Bertz CT molecular complexity index is 695. The van der Waals surface area contributed by atoms with Gasteiger partial charge in [0.05, 0.1) is 11.1 Å². The number of carbonyl (C=O) groups is 1. The lowest BCUT2D eigenvalue weighted by atomic mass is 10.3. The van der Waals surface area contributed by atoms with Crippen molar-refractivity contribution in [2.24, 2.45) is 0 Å². The van der Waals surface area contributed by atoms with Gasteiger partial charge in [-0.3, -0.25) is 14.9 Å². The monoisotopic (exact) mass is 399 g/mol. The molecular formula is C14H14IN3O3. The van der Waals surface area contributed by atoms with Crippen molar-refractivity contribution in [1.29, 1.82) is 0 Å². The van der Waals surface area contributed by atoms with Crippen LogP contribution in [-0.2, 0) is 0 Å². The van der Waals surface area contributed by atoms with Gasteiger partial charge in [-0.25, -0.2) is 0 Å². The zero-order valence-corrected chi connectivity index (χ0v) is 13.7. The van der Waals surface area contributed by atoms with Gasteiger partial charge in [-0.05, 0) is 54.6 Å². The molecule has 1 aromatic carbocycles. The summed E-state index contributed by atoms with van der Waals surface area (Å²) in [6, 6.07) is 8.60. The summed E-state index contributed by atoms with van der Waals surface area (Å²) in [5, 5.41) is 13.6. The lowest BCUT2D eigenvalue weighted by Crippen LogP contribution is -2.17. The number of amides is 1. The molecule has 2 aromatic rings. The average Bonchev–Trinajstić information content (AvgIpc) is 2.84. The summed E-state index contributed by atoms with van der Waals surface area (Å²) in [5.41, 5.74) is 0.845. The third-order valence-corrected chi connectivity index (χ3v) is 3.59. The summed E-state index contributed by atoms with van der Waals surface area (Å²) in [6.45, 7) is 3.73. The van der Waals surface area contributed by atoms with Gasteiger partial charge in [-0.1, -0.05) is 6.07 Å². The number of carbonyl (C=O) groups excluding carboxylic acids is 1. The van der Waals surface area contributed by atoms with Crippen molar-refractivity contribution in [3.63, 3.8) is 0 Å². The summed E-state index contributed by atoms with van der Waals surface area (Å²) in [7, 11) is 0. The van der Waals surface area contributed by atoms with Crippen LogP contribution in [0.4, 0.5) is 11.4 Å². The molecule has 0 aliphatic rings. The maximum absolute atomic E-state index is 12.3. The number of nitrogens with one attached hydrogen (secondary N) is 1. The van der Waals surface area contributed by atoms with E-state index in [0.29, 0.717) is 5.69 Å². The largest absolute Gasteiger partial charge is 0.335 e. The SMILES string of the molecule is CC(C)n1cc([N+](=O)[O-])cc1C(=O)Nc1cccc(I)c1. The molecular weight excluding hydrogens is 385 g/mol. The van der Waals surface area contributed by atoms with Crippen LogP contribution in [0.25, 0.3) is 0 Å². The van der Waals surface area contributed by atoms with Gasteiger partial charge >= 0.3 is 0 Å². The summed E-state index contributed by atoms with van der Waals surface area (Å²) >= 11 is 2.15. The zero-order chi connectivity index (χ0) is 15.6. The van der Waals surface area contributed by atoms with Crippen molar-refractivity contribution >= 4 is 39.9 Å². The molecule has 2 rings (SSSR count). The molecule has 0 spiro atoms. The standard InChI is InChI=1S/C14H14IN3O3/c1-9(2)17-8-12(18(20)21)7-13(17)14(19)16-11-5-3-4-10(15)6-11/h3-9H,1-2H3,(H,16,19). The number of nitrogens with zero attached hydrogens (tertiary/aromatic N) is 2. The molecule has 0 saturated heterocycles. The van der Waals surface area contributed by atoms with Crippen molar-refractivity contribution in [1.82, 2.24) is 4.57 Å². The third kappa shape index (κ3) is 3.60. The van der Waals surface area contributed by atoms with E-state index in [-0.39, 0.29) is 23.3 Å². The van der Waals surface area contributed by atoms with E-state index in [1.54, 1.807) is 10.6 Å². The van der Waals surface area contributed by atoms with Crippen molar-refractivity contribution in [2.75, 3.05) is 5.32 Å². The van der Waals surface area contributed by atoms with E-state index < -0.39 is 4.92 Å². The van der Waals surface area contributed by atoms with Gasteiger partial charge in [0, 0.05) is 21.4 Å². The van der Waals surface area contributed by atoms with E-state index >= 15 is 0 Å². The second kappa shape index (κ2) is 6.25. The second-order valence-corrected chi connectivity index (χ2v) is 6.05. The van der Waals surface area contributed by atoms with Crippen LogP contribution in [0.15, 0.2) is 36.5 Å². The van der Waals surface area contributed by atoms with Gasteiger partial charge in [0.25, 0.3) is 11.6 Å². The van der Waals surface area contributed by atoms with E-state index in [9.17, 15) is 14.9 Å². The van der Waals surface area contributed by atoms with Crippen LogP contribution in [-0.4, -0.2) is 15.4 Å². The molecule has 0 saturated carbocycles. The van der Waals surface area contributed by atoms with Crippen LogP contribution < -0.4 is 5.32 Å². The van der Waals surface area contributed by atoms with Crippen molar-refractivity contribution in [3.05, 3.63) is 55.9 Å². The van der Waals surface area contributed by atoms with Crippen molar-refractivity contribution in [3.8, 4) is 0 Å². The van der Waals surface area contributed by atoms with E-state index in [2.05, 4.69) is 27.9 Å². The third-order valence-electron chi connectivity index (χ3n) is 2.92. The number of rotatable bonds is 4. The Labute approximate surface area is 135 Å². The second-order valence-electron chi connectivity index (χ2n) is 4.81. The molecule has 0 fully saturated rings. The first-order valence-electron chi connectivity index (χ1n) is 6.31. The maximum atomic E-state index is 12.3. The smallest absolute Gasteiger partial charge is 0.287 e. The molecule has 0 bridgehead atoms. The lowest BCUT2D eigenvalue weighted by Gasteiger charge is -2.12. The van der Waals surface area contributed by atoms with Gasteiger partial charge in [0.1, 0.15) is 5.69 Å². The topological polar surface area (TPSA) is 77.2 Å². The Hall–Kier alpha value is -1.90. The Morgan fingerprint density at radius 1 is 1.38 bits per heavy atom. The van der Waals surface area contributed by atoms with Crippen LogP contribution in [0.5, 0.6) is 0 Å². The van der Waals surface area contributed by atoms with Crippen LogP contribution >= 0.6 is 22.6 Å². The average molecular weight is 399 g/mol. The molecule has 7 heteroatoms. The minimum atomic E-state index is -0.499. The predicted octanol–water partition coefficient (Wildman–Crippen LogP) is 3.83. The van der Waals surface area contributed by atoms with Crippen molar-refractivity contribution in [2.45, 2.75) is 19.9 Å². The normalized spacial score (nSPS) is 10.7. The molecule has 21 heavy (non-hydrogen) atoms. The van der Waals surface area contributed by atoms with Crippen LogP contribution in [0.3, 0.4) is 0 Å². The molecule has 1 heterocycles. The van der Waals surface area contributed by atoms with Gasteiger partial charge in [0.2, 0.25) is 0 Å². The van der Waals surface area contributed by atoms with Crippen LogP contribution in [0, 0.1) is 13.7 Å². The molecule has 0 atom stereocenters. The summed E-state index contributed by atoms with van der Waals surface area (Å²) in [5.74, 6) is -0.362. The summed E-state index contributed by atoms with van der Waals surface area (Å²) in [6.07, 6.45) is 1.38. The highest BCUT2D eigenvalue weighted by atomic mass is 127. The number of aromatic nitrogens is 1. The van der Waals surface area contributed by atoms with E-state index in [1.165, 1.54) is 12.3 Å². The van der Waals surface area contributed by atoms with Crippen molar-refractivity contribution < 1.29 is 9.72 Å². The highest BCUT2D eigenvalue weighted by molar-refractivity contribution is 14.1. The summed E-state index contributed by atoms with van der Waals surface area (Å²) < 4.78 is 2.59. The van der Waals surface area contributed by atoms with E-state index in [4.69, 9.17) is 0 Å². The molecule has 6 nitrogen and oxygen atoms in total. The van der Waals surface area contributed by atoms with Crippen LogP contribution in [0.2, 0.25) is 0 Å². The molecule has 0 radical (unpaired) electrons. The molecule has 0 aliphatic carbocycles. The highest BCUT2D eigenvalue weighted by Crippen LogP contribution is 2.22. The fourth-order valence-corrected chi connectivity index (χ4v) is 2.48. The lowest BCUT2D eigenvalue weighted by molar-refractivity contribution is -0.384. The fourth-order valence-electron chi connectivity index (χ4n) is 1.94. The Kier molecular flexibility index (Phi) is 4.61. The van der Waals surface area contributed by atoms with E-state index in [1.807, 2.05) is 32.0 Å². The first kappa shape index (κ1) is 15.5. The minimum Gasteiger partial charge on any atom is -0.335 e. The molecule has 1 amide bonds. The Morgan fingerprint density at radius 3 is 2.67 bits per heavy atom. The molecule has 110 valence electrons. The number of hydrogen-bond acceptors (Lipinski definition) is 3. The first-order valence-corrected chi connectivity index (χ1v) is 7.39. The molecule has 1 aromatic heterocycles. The highest BCUT2D eigenvalue weighted by Gasteiger charge is 2.20.